The first kappa shape index (κ1) is 21.4. The fourth-order valence-electron chi connectivity index (χ4n) is 4.22. The molecule has 164 valence electrons. The minimum absolute atomic E-state index is 0.00402. The van der Waals surface area contributed by atoms with Gasteiger partial charge in [-0.15, -0.1) is 0 Å². The lowest BCUT2D eigenvalue weighted by molar-refractivity contribution is -0.131. The van der Waals surface area contributed by atoms with Crippen molar-refractivity contribution in [2.45, 2.75) is 58.2 Å². The number of rotatable bonds is 6. The van der Waals surface area contributed by atoms with Crippen LogP contribution < -0.4 is 4.74 Å². The molecule has 0 aliphatic carbocycles. The molecule has 2 aromatic carbocycles. The van der Waals surface area contributed by atoms with Gasteiger partial charge in [-0.1, -0.05) is 29.8 Å². The maximum atomic E-state index is 12.7. The third-order valence-corrected chi connectivity index (χ3v) is 5.84. The van der Waals surface area contributed by atoms with Crippen molar-refractivity contribution in [1.82, 2.24) is 14.5 Å². The SMILES string of the molecule is Cc1ccc(OC[C@@H](O)Cn2c([C@@H]3CC(=O)N(C(C)(C)C)C3)nc3ccccc32)cc1. The van der Waals surface area contributed by atoms with Crippen molar-refractivity contribution in [3.8, 4) is 5.75 Å². The molecule has 0 bridgehead atoms. The zero-order valence-electron chi connectivity index (χ0n) is 18.7. The smallest absolute Gasteiger partial charge is 0.223 e. The van der Waals surface area contributed by atoms with Crippen LogP contribution in [-0.4, -0.2) is 50.3 Å². The van der Waals surface area contributed by atoms with Crippen molar-refractivity contribution in [3.05, 3.63) is 59.9 Å². The zero-order chi connectivity index (χ0) is 22.2. The van der Waals surface area contributed by atoms with Gasteiger partial charge < -0.3 is 19.3 Å². The van der Waals surface area contributed by atoms with E-state index in [9.17, 15) is 9.90 Å². The largest absolute Gasteiger partial charge is 0.491 e. The maximum absolute atomic E-state index is 12.7. The summed E-state index contributed by atoms with van der Waals surface area (Å²) < 4.78 is 7.84. The van der Waals surface area contributed by atoms with Gasteiger partial charge in [0.05, 0.1) is 17.6 Å². The topological polar surface area (TPSA) is 67.6 Å². The molecular formula is C25H31N3O3. The molecule has 1 N–H and O–H groups in total. The number of aliphatic hydroxyl groups excluding tert-OH is 1. The van der Waals surface area contributed by atoms with Gasteiger partial charge in [-0.3, -0.25) is 4.79 Å². The summed E-state index contributed by atoms with van der Waals surface area (Å²) in [6.45, 7) is 9.39. The highest BCUT2D eigenvalue weighted by Gasteiger charge is 2.39. The molecule has 6 heteroatoms. The van der Waals surface area contributed by atoms with Gasteiger partial charge in [0, 0.05) is 24.4 Å². The average molecular weight is 422 g/mol. The Balaban J connectivity index is 1.55. The minimum Gasteiger partial charge on any atom is -0.491 e. The van der Waals surface area contributed by atoms with Gasteiger partial charge in [0.25, 0.3) is 0 Å². The second-order valence-electron chi connectivity index (χ2n) is 9.42. The summed E-state index contributed by atoms with van der Waals surface area (Å²) in [7, 11) is 0. The van der Waals surface area contributed by atoms with Crippen molar-refractivity contribution >= 4 is 16.9 Å². The maximum Gasteiger partial charge on any atom is 0.223 e. The molecule has 6 nitrogen and oxygen atoms in total. The number of hydrogen-bond donors (Lipinski definition) is 1. The van der Waals surface area contributed by atoms with Gasteiger partial charge in [0.2, 0.25) is 5.91 Å². The first-order valence-electron chi connectivity index (χ1n) is 10.9. The number of imidazole rings is 1. The monoisotopic (exact) mass is 421 g/mol. The molecule has 4 rings (SSSR count). The number of ether oxygens (including phenoxy) is 1. The van der Waals surface area contributed by atoms with Crippen LogP contribution in [0.2, 0.25) is 0 Å². The molecule has 2 heterocycles. The summed E-state index contributed by atoms with van der Waals surface area (Å²) in [5.41, 5.74) is 2.79. The molecule has 0 radical (unpaired) electrons. The Morgan fingerprint density at radius 3 is 2.55 bits per heavy atom. The van der Waals surface area contributed by atoms with Crippen LogP contribution in [0, 0.1) is 6.92 Å². The van der Waals surface area contributed by atoms with Crippen LogP contribution in [-0.2, 0) is 11.3 Å². The van der Waals surface area contributed by atoms with Crippen LogP contribution >= 0.6 is 0 Å². The van der Waals surface area contributed by atoms with E-state index in [-0.39, 0.29) is 24.0 Å². The molecule has 3 aromatic rings. The standard InChI is InChI=1S/C25H31N3O3/c1-17-9-11-20(12-10-17)31-16-19(29)15-27-22-8-6-5-7-21(22)26-24(27)18-13-23(30)28(14-18)25(2,3)4/h5-12,18-19,29H,13-16H2,1-4H3/t18-,19+/m1/s1. The van der Waals surface area contributed by atoms with Crippen molar-refractivity contribution < 1.29 is 14.6 Å². The number of fused-ring (bicyclic) bond motifs is 1. The second-order valence-corrected chi connectivity index (χ2v) is 9.42. The summed E-state index contributed by atoms with van der Waals surface area (Å²) in [4.78, 5) is 19.4. The molecule has 1 saturated heterocycles. The van der Waals surface area contributed by atoms with Crippen LogP contribution in [0.4, 0.5) is 0 Å². The van der Waals surface area contributed by atoms with Gasteiger partial charge >= 0.3 is 0 Å². The quantitative estimate of drug-likeness (QED) is 0.656. The number of carbonyl (C=O) groups excluding carboxylic acids is 1. The highest BCUT2D eigenvalue weighted by molar-refractivity contribution is 5.81. The van der Waals surface area contributed by atoms with Crippen LogP contribution in [0.25, 0.3) is 11.0 Å². The molecule has 0 spiro atoms. The van der Waals surface area contributed by atoms with Crippen LogP contribution in [0.5, 0.6) is 5.75 Å². The highest BCUT2D eigenvalue weighted by atomic mass is 16.5. The van der Waals surface area contributed by atoms with Crippen LogP contribution in [0.15, 0.2) is 48.5 Å². The normalized spacial score (nSPS) is 18.0. The summed E-state index contributed by atoms with van der Waals surface area (Å²) >= 11 is 0. The van der Waals surface area contributed by atoms with E-state index >= 15 is 0 Å². The number of aryl methyl sites for hydroxylation is 1. The number of amides is 1. The molecule has 1 amide bonds. The first-order valence-corrected chi connectivity index (χ1v) is 10.9. The number of aliphatic hydroxyl groups is 1. The lowest BCUT2D eigenvalue weighted by Crippen LogP contribution is -2.42. The van der Waals surface area contributed by atoms with Gasteiger partial charge in [-0.2, -0.15) is 0 Å². The van der Waals surface area contributed by atoms with Crippen LogP contribution in [0.1, 0.15) is 44.5 Å². The van der Waals surface area contributed by atoms with E-state index in [4.69, 9.17) is 9.72 Å². The van der Waals surface area contributed by atoms with E-state index in [2.05, 4.69) is 25.3 Å². The second kappa shape index (κ2) is 8.35. The Bertz CT molecular complexity index is 1070. The Labute approximate surface area is 183 Å². The van der Waals surface area contributed by atoms with Crippen molar-refractivity contribution in [1.29, 1.82) is 0 Å². The van der Waals surface area contributed by atoms with Gasteiger partial charge in [-0.25, -0.2) is 4.98 Å². The minimum atomic E-state index is -0.700. The summed E-state index contributed by atoms with van der Waals surface area (Å²) in [6.07, 6.45) is -0.259. The number of aromatic nitrogens is 2. The Kier molecular flexibility index (Phi) is 5.75. The summed E-state index contributed by atoms with van der Waals surface area (Å²) in [5.74, 6) is 1.75. The lowest BCUT2D eigenvalue weighted by atomic mass is 10.1. The molecule has 2 atom stereocenters. The number of para-hydroxylation sites is 2. The van der Waals surface area contributed by atoms with E-state index < -0.39 is 6.10 Å². The third kappa shape index (κ3) is 4.59. The Morgan fingerprint density at radius 2 is 1.87 bits per heavy atom. The molecule has 1 fully saturated rings. The van der Waals surface area contributed by atoms with E-state index in [1.807, 2.05) is 60.4 Å². The molecule has 0 saturated carbocycles. The Hall–Kier alpha value is -2.86. The predicted octanol–water partition coefficient (Wildman–Crippen LogP) is 3.90. The molecule has 1 aliphatic heterocycles. The lowest BCUT2D eigenvalue weighted by Gasteiger charge is -2.32. The molecule has 0 unspecified atom stereocenters. The number of carbonyl (C=O) groups is 1. The van der Waals surface area contributed by atoms with Crippen molar-refractivity contribution in [2.75, 3.05) is 13.2 Å². The van der Waals surface area contributed by atoms with Crippen molar-refractivity contribution in [3.63, 3.8) is 0 Å². The van der Waals surface area contributed by atoms with Crippen LogP contribution in [0.3, 0.4) is 0 Å². The van der Waals surface area contributed by atoms with E-state index in [1.165, 1.54) is 0 Å². The average Bonchev–Trinajstić information content (AvgIpc) is 3.28. The Morgan fingerprint density at radius 1 is 1.16 bits per heavy atom. The van der Waals surface area contributed by atoms with E-state index in [0.29, 0.717) is 19.5 Å². The molecular weight excluding hydrogens is 390 g/mol. The fraction of sp³-hybridized carbons (Fsp3) is 0.440. The number of hydrogen-bond acceptors (Lipinski definition) is 4. The van der Waals surface area contributed by atoms with E-state index in [1.54, 1.807) is 0 Å². The third-order valence-electron chi connectivity index (χ3n) is 5.84. The van der Waals surface area contributed by atoms with Gasteiger partial charge in [0.1, 0.15) is 24.3 Å². The number of likely N-dealkylation sites (tertiary alicyclic amines) is 1. The van der Waals surface area contributed by atoms with Crippen molar-refractivity contribution in [2.24, 2.45) is 0 Å². The molecule has 1 aliphatic rings. The number of nitrogens with zero attached hydrogens (tertiary/aromatic N) is 3. The fourth-order valence-corrected chi connectivity index (χ4v) is 4.22. The van der Waals surface area contributed by atoms with E-state index in [0.717, 1.165) is 28.2 Å². The molecule has 31 heavy (non-hydrogen) atoms. The highest BCUT2D eigenvalue weighted by Crippen LogP contribution is 2.34. The predicted molar refractivity (Wildman–Crippen MR) is 121 cm³/mol. The number of benzene rings is 2. The van der Waals surface area contributed by atoms with Gasteiger partial charge in [-0.05, 0) is 52.0 Å². The zero-order valence-corrected chi connectivity index (χ0v) is 18.7. The first-order chi connectivity index (χ1) is 14.7. The van der Waals surface area contributed by atoms with Gasteiger partial charge in [0.15, 0.2) is 0 Å². The molecule has 1 aromatic heterocycles. The summed E-state index contributed by atoms with van der Waals surface area (Å²) in [6, 6.07) is 15.7. The summed E-state index contributed by atoms with van der Waals surface area (Å²) in [5, 5.41) is 10.7.